The molecule has 0 spiro atoms. The van der Waals surface area contributed by atoms with Gasteiger partial charge in [-0.2, -0.15) is 0 Å². The minimum atomic E-state index is 0.635. The summed E-state index contributed by atoms with van der Waals surface area (Å²) in [6.45, 7) is 4.89. The molecular formula is C15H19NO. The fraction of sp³-hybridized carbons (Fsp3) is 0.333. The molecule has 0 fully saturated rings. The van der Waals surface area contributed by atoms with Crippen LogP contribution in [0.3, 0.4) is 0 Å². The fourth-order valence-corrected chi connectivity index (χ4v) is 2.03. The van der Waals surface area contributed by atoms with Crippen molar-refractivity contribution >= 4 is 0 Å². The third kappa shape index (κ3) is 2.98. The standard InChI is InChI=1S/C15H19NO/c1-11-3-4-13(12(2)9-11)10-15-6-5-14(17-15)7-8-16/h3-6,9H,7-8,10,16H2,1-2H3. The van der Waals surface area contributed by atoms with Crippen LogP contribution >= 0.6 is 0 Å². The van der Waals surface area contributed by atoms with Gasteiger partial charge < -0.3 is 10.2 Å². The third-order valence-electron chi connectivity index (χ3n) is 2.97. The Bertz CT molecular complexity index is 499. The maximum atomic E-state index is 5.73. The Kier molecular flexibility index (Phi) is 3.64. The van der Waals surface area contributed by atoms with Crippen molar-refractivity contribution in [2.75, 3.05) is 6.54 Å². The Balaban J connectivity index is 2.13. The van der Waals surface area contributed by atoms with Crippen LogP contribution in [-0.4, -0.2) is 6.54 Å². The molecule has 1 heterocycles. The van der Waals surface area contributed by atoms with Crippen LogP contribution < -0.4 is 5.73 Å². The van der Waals surface area contributed by atoms with E-state index in [-0.39, 0.29) is 0 Å². The zero-order valence-corrected chi connectivity index (χ0v) is 10.5. The van der Waals surface area contributed by atoms with Crippen molar-refractivity contribution in [3.63, 3.8) is 0 Å². The number of hydrogen-bond acceptors (Lipinski definition) is 2. The molecule has 2 nitrogen and oxygen atoms in total. The van der Waals surface area contributed by atoms with E-state index in [1.54, 1.807) is 0 Å². The summed E-state index contributed by atoms with van der Waals surface area (Å²) in [5, 5.41) is 0. The molecule has 0 unspecified atom stereocenters. The van der Waals surface area contributed by atoms with Gasteiger partial charge in [-0.05, 0) is 43.7 Å². The zero-order chi connectivity index (χ0) is 12.3. The van der Waals surface area contributed by atoms with Gasteiger partial charge in [-0.1, -0.05) is 23.8 Å². The summed E-state index contributed by atoms with van der Waals surface area (Å²) in [7, 11) is 0. The highest BCUT2D eigenvalue weighted by atomic mass is 16.3. The van der Waals surface area contributed by atoms with E-state index in [1.165, 1.54) is 16.7 Å². The van der Waals surface area contributed by atoms with Gasteiger partial charge in [0.05, 0.1) is 0 Å². The predicted octanol–water partition coefficient (Wildman–Crippen LogP) is 2.99. The van der Waals surface area contributed by atoms with Gasteiger partial charge in [0.1, 0.15) is 11.5 Å². The molecule has 2 aromatic rings. The Labute approximate surface area is 102 Å². The number of aryl methyl sites for hydroxylation is 2. The molecule has 2 heteroatoms. The SMILES string of the molecule is Cc1ccc(Cc2ccc(CCN)o2)c(C)c1. The molecule has 90 valence electrons. The lowest BCUT2D eigenvalue weighted by Crippen LogP contribution is -2.01. The summed E-state index contributed by atoms with van der Waals surface area (Å²) < 4.78 is 5.73. The van der Waals surface area contributed by atoms with Gasteiger partial charge in [-0.15, -0.1) is 0 Å². The number of hydrogen-bond donors (Lipinski definition) is 1. The van der Waals surface area contributed by atoms with Gasteiger partial charge in [0, 0.05) is 12.8 Å². The summed E-state index contributed by atoms with van der Waals surface area (Å²) in [6.07, 6.45) is 1.67. The second kappa shape index (κ2) is 5.19. The maximum absolute atomic E-state index is 5.73. The smallest absolute Gasteiger partial charge is 0.108 e. The molecule has 17 heavy (non-hydrogen) atoms. The second-order valence-corrected chi connectivity index (χ2v) is 4.51. The molecule has 0 radical (unpaired) electrons. The summed E-state index contributed by atoms with van der Waals surface area (Å²) in [4.78, 5) is 0. The average molecular weight is 229 g/mol. The molecule has 0 amide bonds. The van der Waals surface area contributed by atoms with Gasteiger partial charge >= 0.3 is 0 Å². The maximum Gasteiger partial charge on any atom is 0.108 e. The van der Waals surface area contributed by atoms with Crippen molar-refractivity contribution in [2.45, 2.75) is 26.7 Å². The lowest BCUT2D eigenvalue weighted by molar-refractivity contribution is 0.474. The zero-order valence-electron chi connectivity index (χ0n) is 10.5. The first-order valence-electron chi connectivity index (χ1n) is 6.03. The van der Waals surface area contributed by atoms with Crippen molar-refractivity contribution in [3.05, 3.63) is 58.5 Å². The van der Waals surface area contributed by atoms with Crippen molar-refractivity contribution < 1.29 is 4.42 Å². The molecule has 0 bridgehead atoms. The highest BCUT2D eigenvalue weighted by Gasteiger charge is 2.05. The summed E-state index contributed by atoms with van der Waals surface area (Å²) in [6, 6.07) is 10.6. The predicted molar refractivity (Wildman–Crippen MR) is 70.2 cm³/mol. The van der Waals surface area contributed by atoms with Crippen LogP contribution in [-0.2, 0) is 12.8 Å². The van der Waals surface area contributed by atoms with Gasteiger partial charge in [0.15, 0.2) is 0 Å². The van der Waals surface area contributed by atoms with Crippen LogP contribution in [0.2, 0.25) is 0 Å². The van der Waals surface area contributed by atoms with Crippen molar-refractivity contribution in [1.82, 2.24) is 0 Å². The number of benzene rings is 1. The van der Waals surface area contributed by atoms with E-state index in [0.717, 1.165) is 24.4 Å². The molecule has 0 aliphatic rings. The van der Waals surface area contributed by atoms with E-state index in [4.69, 9.17) is 10.2 Å². The number of nitrogens with two attached hydrogens (primary N) is 1. The Hall–Kier alpha value is -1.54. The molecule has 0 aliphatic carbocycles. The lowest BCUT2D eigenvalue weighted by atomic mass is 10.0. The van der Waals surface area contributed by atoms with Crippen LogP contribution in [0.4, 0.5) is 0 Å². The molecule has 2 rings (SSSR count). The third-order valence-corrected chi connectivity index (χ3v) is 2.97. The molecule has 0 aliphatic heterocycles. The van der Waals surface area contributed by atoms with Gasteiger partial charge in [0.2, 0.25) is 0 Å². The van der Waals surface area contributed by atoms with E-state index in [9.17, 15) is 0 Å². The lowest BCUT2D eigenvalue weighted by Gasteiger charge is -2.05. The van der Waals surface area contributed by atoms with E-state index >= 15 is 0 Å². The highest BCUT2D eigenvalue weighted by Crippen LogP contribution is 2.17. The monoisotopic (exact) mass is 229 g/mol. The van der Waals surface area contributed by atoms with Gasteiger partial charge in [-0.25, -0.2) is 0 Å². The van der Waals surface area contributed by atoms with Crippen LogP contribution in [0.15, 0.2) is 34.7 Å². The quantitative estimate of drug-likeness (QED) is 0.875. The minimum Gasteiger partial charge on any atom is -0.466 e. The Morgan fingerprint density at radius 3 is 2.53 bits per heavy atom. The normalized spacial score (nSPS) is 10.8. The van der Waals surface area contributed by atoms with E-state index < -0.39 is 0 Å². The first-order valence-corrected chi connectivity index (χ1v) is 6.03. The summed E-state index contributed by atoms with van der Waals surface area (Å²) in [5.41, 5.74) is 9.45. The van der Waals surface area contributed by atoms with Crippen molar-refractivity contribution in [2.24, 2.45) is 5.73 Å². The Morgan fingerprint density at radius 2 is 1.82 bits per heavy atom. The van der Waals surface area contributed by atoms with Gasteiger partial charge in [0.25, 0.3) is 0 Å². The largest absolute Gasteiger partial charge is 0.466 e. The molecule has 0 saturated carbocycles. The summed E-state index contributed by atoms with van der Waals surface area (Å²) in [5.74, 6) is 1.99. The van der Waals surface area contributed by atoms with Crippen LogP contribution in [0, 0.1) is 13.8 Å². The first kappa shape index (κ1) is 11.9. The molecular weight excluding hydrogens is 210 g/mol. The fourth-order valence-electron chi connectivity index (χ4n) is 2.03. The Morgan fingerprint density at radius 1 is 1.06 bits per heavy atom. The molecule has 2 N–H and O–H groups in total. The average Bonchev–Trinajstić information content (AvgIpc) is 2.71. The van der Waals surface area contributed by atoms with Gasteiger partial charge in [-0.3, -0.25) is 0 Å². The van der Waals surface area contributed by atoms with Crippen molar-refractivity contribution in [1.29, 1.82) is 0 Å². The first-order chi connectivity index (χ1) is 8.19. The number of rotatable bonds is 4. The topological polar surface area (TPSA) is 39.2 Å². The van der Waals surface area contributed by atoms with Crippen LogP contribution in [0.5, 0.6) is 0 Å². The number of furan rings is 1. The molecule has 0 saturated heterocycles. The minimum absolute atomic E-state index is 0.635. The second-order valence-electron chi connectivity index (χ2n) is 4.51. The van der Waals surface area contributed by atoms with Crippen LogP contribution in [0.1, 0.15) is 28.2 Å². The summed E-state index contributed by atoms with van der Waals surface area (Å²) >= 11 is 0. The van der Waals surface area contributed by atoms with Crippen molar-refractivity contribution in [3.8, 4) is 0 Å². The molecule has 0 atom stereocenters. The van der Waals surface area contributed by atoms with Crippen LogP contribution in [0.25, 0.3) is 0 Å². The molecule has 1 aromatic heterocycles. The highest BCUT2D eigenvalue weighted by molar-refractivity contribution is 5.33. The van der Waals surface area contributed by atoms with E-state index in [0.29, 0.717) is 6.54 Å². The van der Waals surface area contributed by atoms with E-state index in [2.05, 4.69) is 32.0 Å². The van der Waals surface area contributed by atoms with E-state index in [1.807, 2.05) is 12.1 Å². The molecule has 1 aromatic carbocycles.